The summed E-state index contributed by atoms with van der Waals surface area (Å²) in [6.07, 6.45) is 0. The van der Waals surface area contributed by atoms with E-state index in [0.717, 1.165) is 0 Å². The Bertz CT molecular complexity index is 925. The van der Waals surface area contributed by atoms with Gasteiger partial charge in [-0.25, -0.2) is 4.39 Å². The molecule has 0 saturated heterocycles. The molecule has 0 fully saturated rings. The topological polar surface area (TPSA) is 112 Å². The van der Waals surface area contributed by atoms with E-state index < -0.39 is 5.82 Å². The van der Waals surface area contributed by atoms with Gasteiger partial charge in [0.25, 0.3) is 5.91 Å². The van der Waals surface area contributed by atoms with Gasteiger partial charge in [-0.3, -0.25) is 4.79 Å². The van der Waals surface area contributed by atoms with Crippen LogP contribution in [0.4, 0.5) is 15.8 Å². The number of anilines is 2. The summed E-state index contributed by atoms with van der Waals surface area (Å²) in [5, 5.41) is 31.8. The molecule has 0 atom stereocenters. The highest BCUT2D eigenvalue weighted by molar-refractivity contribution is 6.04. The van der Waals surface area contributed by atoms with Crippen molar-refractivity contribution in [3.05, 3.63) is 71.2 Å². The molecular formula is C18H10FN5O. The van der Waals surface area contributed by atoms with Crippen LogP contribution in [0.3, 0.4) is 0 Å². The Kier molecular flexibility index (Phi) is 5.45. The maximum atomic E-state index is 12.8. The standard InChI is InChI=1S/C18H10FN5O/c19-14-3-7-16(8-4-14)24-18(25)12-1-5-15(6-2-12)23-17(11-22)13(9-20)10-21/h1-8,23H,(H,24,25). The SMILES string of the molecule is N#CC(C#N)=C(C#N)Nc1ccc(C(=O)Nc2ccc(F)cc2)cc1. The van der Waals surface area contributed by atoms with Crippen molar-refractivity contribution in [3.8, 4) is 18.2 Å². The minimum Gasteiger partial charge on any atom is -0.345 e. The highest BCUT2D eigenvalue weighted by atomic mass is 19.1. The van der Waals surface area contributed by atoms with E-state index in [0.29, 0.717) is 16.9 Å². The van der Waals surface area contributed by atoms with Crippen LogP contribution in [0.2, 0.25) is 0 Å². The highest BCUT2D eigenvalue weighted by Crippen LogP contribution is 2.15. The Labute approximate surface area is 143 Å². The Morgan fingerprint density at radius 3 is 1.84 bits per heavy atom. The molecule has 0 aliphatic carbocycles. The Morgan fingerprint density at radius 2 is 1.32 bits per heavy atom. The zero-order valence-corrected chi connectivity index (χ0v) is 12.7. The number of carbonyl (C=O) groups is 1. The van der Waals surface area contributed by atoms with Crippen molar-refractivity contribution >= 4 is 17.3 Å². The van der Waals surface area contributed by atoms with Gasteiger partial charge in [0.1, 0.15) is 29.7 Å². The van der Waals surface area contributed by atoms with Crippen LogP contribution < -0.4 is 10.6 Å². The van der Waals surface area contributed by atoms with Gasteiger partial charge in [0.2, 0.25) is 0 Å². The second-order valence-electron chi connectivity index (χ2n) is 4.75. The van der Waals surface area contributed by atoms with Crippen LogP contribution in [-0.2, 0) is 0 Å². The van der Waals surface area contributed by atoms with Crippen LogP contribution in [0.1, 0.15) is 10.4 Å². The first-order valence-electron chi connectivity index (χ1n) is 6.96. The van der Waals surface area contributed by atoms with Gasteiger partial charge in [-0.05, 0) is 48.5 Å². The summed E-state index contributed by atoms with van der Waals surface area (Å²) in [5.74, 6) is -0.784. The second-order valence-corrected chi connectivity index (χ2v) is 4.75. The van der Waals surface area contributed by atoms with Crippen LogP contribution in [0.15, 0.2) is 59.8 Å². The van der Waals surface area contributed by atoms with Crippen molar-refractivity contribution in [3.63, 3.8) is 0 Å². The van der Waals surface area contributed by atoms with E-state index in [1.54, 1.807) is 18.2 Å². The monoisotopic (exact) mass is 331 g/mol. The number of hydrogen-bond donors (Lipinski definition) is 2. The fraction of sp³-hybridized carbons (Fsp3) is 0. The van der Waals surface area contributed by atoms with Crippen LogP contribution in [0.25, 0.3) is 0 Å². The van der Waals surface area contributed by atoms with Gasteiger partial charge < -0.3 is 10.6 Å². The summed E-state index contributed by atoms with van der Waals surface area (Å²) >= 11 is 0. The number of carbonyl (C=O) groups excluding carboxylic acids is 1. The van der Waals surface area contributed by atoms with Gasteiger partial charge in [-0.15, -0.1) is 0 Å². The van der Waals surface area contributed by atoms with E-state index in [2.05, 4.69) is 10.6 Å². The summed E-state index contributed by atoms with van der Waals surface area (Å²) in [7, 11) is 0. The lowest BCUT2D eigenvalue weighted by Crippen LogP contribution is -2.11. The van der Waals surface area contributed by atoms with E-state index >= 15 is 0 Å². The predicted octanol–water partition coefficient (Wildman–Crippen LogP) is 3.31. The lowest BCUT2D eigenvalue weighted by molar-refractivity contribution is 0.102. The van der Waals surface area contributed by atoms with Gasteiger partial charge in [-0.2, -0.15) is 15.8 Å². The smallest absolute Gasteiger partial charge is 0.255 e. The number of nitrogens with one attached hydrogen (secondary N) is 2. The summed E-state index contributed by atoms with van der Waals surface area (Å²) in [4.78, 5) is 12.1. The molecule has 0 heterocycles. The number of amides is 1. The quantitative estimate of drug-likeness (QED) is 0.835. The molecule has 6 nitrogen and oxygen atoms in total. The lowest BCUT2D eigenvalue weighted by Gasteiger charge is -2.07. The molecule has 2 aromatic carbocycles. The van der Waals surface area contributed by atoms with Gasteiger partial charge >= 0.3 is 0 Å². The molecule has 0 aromatic heterocycles. The average molecular weight is 331 g/mol. The fourth-order valence-corrected chi connectivity index (χ4v) is 1.87. The third-order valence-electron chi connectivity index (χ3n) is 3.10. The van der Waals surface area contributed by atoms with Crippen molar-refractivity contribution in [2.45, 2.75) is 0 Å². The molecule has 120 valence electrons. The average Bonchev–Trinajstić information content (AvgIpc) is 2.64. The maximum absolute atomic E-state index is 12.8. The van der Waals surface area contributed by atoms with Crippen molar-refractivity contribution in [1.82, 2.24) is 0 Å². The first-order valence-corrected chi connectivity index (χ1v) is 6.96. The second kappa shape index (κ2) is 7.92. The largest absolute Gasteiger partial charge is 0.345 e. The van der Waals surface area contributed by atoms with Crippen molar-refractivity contribution in [1.29, 1.82) is 15.8 Å². The molecule has 0 unspecified atom stereocenters. The molecule has 0 aliphatic heterocycles. The molecule has 7 heteroatoms. The number of nitriles is 3. The van der Waals surface area contributed by atoms with Crippen LogP contribution in [0.5, 0.6) is 0 Å². The van der Waals surface area contributed by atoms with Gasteiger partial charge in [-0.1, -0.05) is 0 Å². The molecule has 0 spiro atoms. The number of benzene rings is 2. The zero-order valence-electron chi connectivity index (χ0n) is 12.7. The Morgan fingerprint density at radius 1 is 0.800 bits per heavy atom. The number of hydrogen-bond acceptors (Lipinski definition) is 5. The van der Waals surface area contributed by atoms with Crippen molar-refractivity contribution < 1.29 is 9.18 Å². The summed E-state index contributed by atoms with van der Waals surface area (Å²) in [6.45, 7) is 0. The number of allylic oxidation sites excluding steroid dienone is 2. The first-order chi connectivity index (χ1) is 12.1. The van der Waals surface area contributed by atoms with E-state index in [1.807, 2.05) is 0 Å². The van der Waals surface area contributed by atoms with Crippen LogP contribution in [0, 0.1) is 39.8 Å². The van der Waals surface area contributed by atoms with E-state index in [4.69, 9.17) is 15.8 Å². The molecule has 1 amide bonds. The molecule has 2 aromatic rings. The van der Waals surface area contributed by atoms with E-state index in [9.17, 15) is 9.18 Å². The first kappa shape index (κ1) is 17.2. The highest BCUT2D eigenvalue weighted by Gasteiger charge is 2.08. The molecule has 2 N–H and O–H groups in total. The zero-order chi connectivity index (χ0) is 18.2. The molecule has 0 saturated carbocycles. The van der Waals surface area contributed by atoms with Crippen LogP contribution in [-0.4, -0.2) is 5.91 Å². The third-order valence-corrected chi connectivity index (χ3v) is 3.10. The van der Waals surface area contributed by atoms with Gasteiger partial charge in [0, 0.05) is 16.9 Å². The van der Waals surface area contributed by atoms with E-state index in [-0.39, 0.29) is 17.2 Å². The predicted molar refractivity (Wildman–Crippen MR) is 88.3 cm³/mol. The Hall–Kier alpha value is -4.15. The summed E-state index contributed by atoms with van der Waals surface area (Å²) in [5.41, 5.74) is 0.737. The molecule has 0 aliphatic rings. The van der Waals surface area contributed by atoms with Crippen LogP contribution >= 0.6 is 0 Å². The fourth-order valence-electron chi connectivity index (χ4n) is 1.87. The minimum atomic E-state index is -0.399. The Balaban J connectivity index is 2.12. The van der Waals surface area contributed by atoms with E-state index in [1.165, 1.54) is 48.5 Å². The normalized spacial score (nSPS) is 9.04. The molecular weight excluding hydrogens is 321 g/mol. The molecule has 2 rings (SSSR count). The van der Waals surface area contributed by atoms with Crippen molar-refractivity contribution in [2.75, 3.05) is 10.6 Å². The third kappa shape index (κ3) is 4.41. The van der Waals surface area contributed by atoms with Gasteiger partial charge in [0.05, 0.1) is 0 Å². The van der Waals surface area contributed by atoms with Crippen molar-refractivity contribution in [2.24, 2.45) is 0 Å². The molecule has 25 heavy (non-hydrogen) atoms. The molecule has 0 bridgehead atoms. The number of nitrogens with zero attached hydrogens (tertiary/aromatic N) is 3. The summed E-state index contributed by atoms with van der Waals surface area (Å²) in [6, 6.07) is 16.4. The van der Waals surface area contributed by atoms with Gasteiger partial charge in [0.15, 0.2) is 5.57 Å². The molecule has 0 radical (unpaired) electrons. The number of halogens is 1. The summed E-state index contributed by atoms with van der Waals surface area (Å²) < 4.78 is 12.8. The maximum Gasteiger partial charge on any atom is 0.255 e. The minimum absolute atomic E-state index is 0.173. The number of rotatable bonds is 4. The lowest BCUT2D eigenvalue weighted by atomic mass is 10.1.